The van der Waals surface area contributed by atoms with Crippen molar-refractivity contribution in [3.63, 3.8) is 0 Å². The van der Waals surface area contributed by atoms with Gasteiger partial charge in [0.2, 0.25) is 10.4 Å². The van der Waals surface area contributed by atoms with E-state index < -0.39 is 10.4 Å². The van der Waals surface area contributed by atoms with Crippen LogP contribution in [-0.2, 0) is 27.2 Å². The van der Waals surface area contributed by atoms with Crippen LogP contribution in [0.1, 0.15) is 6.92 Å². The van der Waals surface area contributed by atoms with Gasteiger partial charge < -0.3 is 4.55 Å². The second kappa shape index (κ2) is 6.34. The average Bonchev–Trinajstić information content (AvgIpc) is 1.67. The minimum Gasteiger partial charge on any atom is -0.726 e. The van der Waals surface area contributed by atoms with Crippen LogP contribution in [0.5, 0.6) is 0 Å². The molecule has 0 aliphatic rings. The second-order valence-corrected chi connectivity index (χ2v) is 2.79. The highest BCUT2D eigenvalue weighted by Gasteiger charge is 1.79. The third-order valence-corrected chi connectivity index (χ3v) is 0.612. The van der Waals surface area contributed by atoms with Gasteiger partial charge in [0.1, 0.15) is 5.75 Å². The summed E-state index contributed by atoms with van der Waals surface area (Å²) >= 11 is 3.18. The molecule has 0 amide bonds. The topological polar surface area (TPSA) is 66.4 Å². The molecule has 0 fully saturated rings. The molecule has 0 spiro atoms. The molecule has 0 saturated heterocycles. The third-order valence-electron chi connectivity index (χ3n) is 0.204. The maximum Gasteiger partial charge on any atom is 0.217 e. The van der Waals surface area contributed by atoms with E-state index >= 15 is 0 Å². The van der Waals surface area contributed by atoms with Crippen LogP contribution in [0.3, 0.4) is 0 Å². The lowest BCUT2D eigenvalue weighted by Gasteiger charge is -1.98. The molecule has 0 aliphatic carbocycles. The zero-order valence-electron chi connectivity index (χ0n) is 5.25. The van der Waals surface area contributed by atoms with Crippen molar-refractivity contribution in [3.05, 3.63) is 0 Å². The van der Waals surface area contributed by atoms with Crippen molar-refractivity contribution in [1.29, 1.82) is 0 Å². The molecule has 0 N–H and O–H groups in total. The minimum absolute atomic E-state index is 0.808. The Balaban J connectivity index is 0. The second-order valence-electron chi connectivity index (χ2n) is 0.928. The van der Waals surface area contributed by atoms with E-state index in [0.29, 0.717) is 0 Å². The Morgan fingerprint density at radius 2 is 1.78 bits per heavy atom. The van der Waals surface area contributed by atoms with E-state index in [2.05, 4.69) is 16.8 Å². The van der Waals surface area contributed by atoms with Crippen molar-refractivity contribution >= 4 is 23.0 Å². The smallest absolute Gasteiger partial charge is 0.217 e. The molecule has 0 rings (SSSR count). The predicted molar refractivity (Wildman–Crippen MR) is 37.4 cm³/mol. The Morgan fingerprint density at radius 1 is 1.67 bits per heavy atom. The Hall–Kier alpha value is 0.220. The maximum absolute atomic E-state index is 9.22. The van der Waals surface area contributed by atoms with Gasteiger partial charge in [0.15, 0.2) is 0 Å². The van der Waals surface area contributed by atoms with E-state index in [1.54, 1.807) is 0 Å². The van der Waals surface area contributed by atoms with Gasteiger partial charge in [0.05, 0.1) is 7.11 Å². The van der Waals surface area contributed by atoms with Crippen LogP contribution in [0, 0.1) is 0 Å². The molecule has 0 saturated carbocycles. The van der Waals surface area contributed by atoms with E-state index in [1.807, 2.05) is 6.92 Å². The Bertz CT molecular complexity index is 127. The van der Waals surface area contributed by atoms with Gasteiger partial charge in [-0.15, -0.1) is 0 Å². The summed E-state index contributed by atoms with van der Waals surface area (Å²) in [6.45, 7) is 2.04. The predicted octanol–water partition coefficient (Wildman–Crippen LogP) is -0.889. The van der Waals surface area contributed by atoms with Crippen molar-refractivity contribution < 1.29 is 17.2 Å². The molecule has 9 heavy (non-hydrogen) atoms. The Kier molecular flexibility index (Phi) is 8.42. The van der Waals surface area contributed by atoms with E-state index in [1.165, 1.54) is 0 Å². The third kappa shape index (κ3) is 30.7. The van der Waals surface area contributed by atoms with Crippen LogP contribution in [0.4, 0.5) is 0 Å². The molecule has 0 aromatic carbocycles. The highest BCUT2D eigenvalue weighted by atomic mass is 32.3. The quantitative estimate of drug-likeness (QED) is 0.294. The monoisotopic (exact) mass is 174 g/mol. The van der Waals surface area contributed by atoms with Gasteiger partial charge in [0, 0.05) is 0 Å². The van der Waals surface area contributed by atoms with Crippen LogP contribution in [-0.4, -0.2) is 25.8 Å². The summed E-state index contributed by atoms with van der Waals surface area (Å²) in [6, 6.07) is 0. The fraction of sp³-hybridized carbons (Fsp3) is 1.00. The molecule has 0 radical (unpaired) electrons. The molecular weight excluding hydrogens is 164 g/mol. The Morgan fingerprint density at radius 3 is 1.78 bits per heavy atom. The summed E-state index contributed by atoms with van der Waals surface area (Å²) < 4.78 is 31.0. The summed E-state index contributed by atoms with van der Waals surface area (Å²) in [4.78, 5) is 0. The fourth-order valence-corrected chi connectivity index (χ4v) is 0. The van der Waals surface area contributed by atoms with Gasteiger partial charge in [-0.3, -0.25) is 4.18 Å². The maximum atomic E-state index is 9.22. The van der Waals surface area contributed by atoms with Gasteiger partial charge in [-0.25, -0.2) is 8.42 Å². The number of hydrogen-bond donors (Lipinski definition) is 0. The molecule has 6 heteroatoms. The van der Waals surface area contributed by atoms with E-state index in [0.717, 1.165) is 12.9 Å². The van der Waals surface area contributed by atoms with Crippen LogP contribution < -0.4 is 0 Å². The normalized spacial score (nSPS) is 9.78. The molecule has 0 heterocycles. The minimum atomic E-state index is -4.41. The van der Waals surface area contributed by atoms with Crippen LogP contribution in [0.25, 0.3) is 0 Å². The molecule has 0 unspecified atom stereocenters. The molecular formula is C3H10O4S2. The summed E-state index contributed by atoms with van der Waals surface area (Å²) in [7, 11) is -3.60. The van der Waals surface area contributed by atoms with E-state index in [4.69, 9.17) is 0 Å². The fourth-order valence-electron chi connectivity index (χ4n) is 0. The molecule has 0 aromatic heterocycles. The molecule has 0 aliphatic heterocycles. The standard InChI is InChI=1S/C2H6S.CH4O4S/c1-2-3;1-5-6(2,3)4/h3H,2H2,1H3;1H3,(H,2,3,4). The lowest BCUT2D eigenvalue weighted by molar-refractivity contribution is 0.314. The van der Waals surface area contributed by atoms with Gasteiger partial charge in [-0.05, 0) is 19.6 Å². The van der Waals surface area contributed by atoms with Crippen molar-refractivity contribution in [2.45, 2.75) is 6.92 Å². The first-order valence-electron chi connectivity index (χ1n) is 2.14. The van der Waals surface area contributed by atoms with Gasteiger partial charge >= 0.3 is 0 Å². The summed E-state index contributed by atoms with van der Waals surface area (Å²) in [5.74, 6) is 1.06. The van der Waals surface area contributed by atoms with Crippen LogP contribution in [0.2, 0.25) is 0 Å². The van der Waals surface area contributed by atoms with Gasteiger partial charge in [0.25, 0.3) is 0 Å². The largest absolute Gasteiger partial charge is 0.726 e. The molecule has 0 bridgehead atoms. The van der Waals surface area contributed by atoms with Crippen molar-refractivity contribution in [3.8, 4) is 0 Å². The van der Waals surface area contributed by atoms with Crippen LogP contribution >= 0.6 is 0 Å². The first kappa shape index (κ1) is 12.0. The molecule has 4 nitrogen and oxygen atoms in total. The lowest BCUT2D eigenvalue weighted by Crippen LogP contribution is -1.97. The van der Waals surface area contributed by atoms with E-state index in [-0.39, 0.29) is 0 Å². The van der Waals surface area contributed by atoms with Crippen LogP contribution in [0.15, 0.2) is 0 Å². The molecule has 0 aromatic rings. The summed E-state index contributed by atoms with van der Waals surface area (Å²) in [6.07, 6.45) is 0. The summed E-state index contributed by atoms with van der Waals surface area (Å²) in [5, 5.41) is 0. The first-order chi connectivity index (χ1) is 3.97. The summed E-state index contributed by atoms with van der Waals surface area (Å²) in [5.41, 5.74) is 0. The molecule has 0 atom stereocenters. The highest BCUT2D eigenvalue weighted by Crippen LogP contribution is 1.74. The van der Waals surface area contributed by atoms with Crippen molar-refractivity contribution in [2.24, 2.45) is 0 Å². The van der Waals surface area contributed by atoms with Gasteiger partial charge in [-0.2, -0.15) is 0 Å². The lowest BCUT2D eigenvalue weighted by atomic mass is 11.0. The zero-order valence-corrected chi connectivity index (χ0v) is 7.06. The number of hydrogen-bond acceptors (Lipinski definition) is 4. The zero-order chi connectivity index (χ0) is 7.91. The first-order valence-corrected chi connectivity index (χ1v) is 4.18. The van der Waals surface area contributed by atoms with Crippen molar-refractivity contribution in [2.75, 3.05) is 12.9 Å². The van der Waals surface area contributed by atoms with Gasteiger partial charge in [-0.1, -0.05) is 0 Å². The SMILES string of the molecule is CC[SH2+].COS(=O)(=O)[O-]. The Labute approximate surface area is 60.6 Å². The average molecular weight is 174 g/mol. The van der Waals surface area contributed by atoms with E-state index in [9.17, 15) is 13.0 Å². The molecule has 58 valence electrons. The van der Waals surface area contributed by atoms with Crippen molar-refractivity contribution in [1.82, 2.24) is 0 Å². The highest BCUT2D eigenvalue weighted by molar-refractivity contribution is 7.80. The number of rotatable bonds is 1.